The van der Waals surface area contributed by atoms with E-state index >= 15 is 0 Å². The first-order valence-electron chi connectivity index (χ1n) is 8.22. The molecule has 0 saturated heterocycles. The lowest BCUT2D eigenvalue weighted by molar-refractivity contribution is -0.124. The maximum atomic E-state index is 12.1. The summed E-state index contributed by atoms with van der Waals surface area (Å²) in [5.41, 5.74) is 0.638. The molecule has 4 aromatic carbocycles. The van der Waals surface area contributed by atoms with Crippen molar-refractivity contribution in [3.05, 3.63) is 66.7 Å². The molecule has 0 saturated carbocycles. The SMILES string of the molecule is CC(=O)N(C(C)=O)c1cc2c3ccccc3ccc2c2ccccc12. The van der Waals surface area contributed by atoms with E-state index in [-0.39, 0.29) is 11.8 Å². The Morgan fingerprint density at radius 1 is 0.640 bits per heavy atom. The van der Waals surface area contributed by atoms with E-state index in [4.69, 9.17) is 0 Å². The molecule has 122 valence electrons. The molecule has 4 aromatic rings. The highest BCUT2D eigenvalue weighted by Gasteiger charge is 2.20. The molecule has 0 N–H and O–H groups in total. The van der Waals surface area contributed by atoms with Crippen LogP contribution < -0.4 is 4.90 Å². The van der Waals surface area contributed by atoms with Crippen LogP contribution in [0.15, 0.2) is 66.7 Å². The van der Waals surface area contributed by atoms with Crippen LogP contribution in [0.2, 0.25) is 0 Å². The lowest BCUT2D eigenvalue weighted by Gasteiger charge is -2.21. The van der Waals surface area contributed by atoms with Crippen molar-refractivity contribution in [3.8, 4) is 0 Å². The molecule has 0 bridgehead atoms. The van der Waals surface area contributed by atoms with Crippen LogP contribution >= 0.6 is 0 Å². The summed E-state index contributed by atoms with van der Waals surface area (Å²) >= 11 is 0. The zero-order chi connectivity index (χ0) is 17.6. The van der Waals surface area contributed by atoms with E-state index < -0.39 is 0 Å². The van der Waals surface area contributed by atoms with Gasteiger partial charge < -0.3 is 0 Å². The van der Waals surface area contributed by atoms with Crippen molar-refractivity contribution in [2.24, 2.45) is 0 Å². The monoisotopic (exact) mass is 327 g/mol. The van der Waals surface area contributed by atoms with Gasteiger partial charge in [0.2, 0.25) is 11.8 Å². The summed E-state index contributed by atoms with van der Waals surface area (Å²) < 4.78 is 0. The third-order valence-corrected chi connectivity index (χ3v) is 4.62. The minimum Gasteiger partial charge on any atom is -0.274 e. The Kier molecular flexibility index (Phi) is 3.50. The molecular formula is C22H17NO2. The fourth-order valence-corrected chi connectivity index (χ4v) is 3.59. The zero-order valence-corrected chi connectivity index (χ0v) is 14.1. The maximum Gasteiger partial charge on any atom is 0.230 e. The van der Waals surface area contributed by atoms with Gasteiger partial charge in [0, 0.05) is 19.2 Å². The minimum atomic E-state index is -0.280. The van der Waals surface area contributed by atoms with E-state index in [1.807, 2.05) is 42.5 Å². The topological polar surface area (TPSA) is 37.4 Å². The summed E-state index contributed by atoms with van der Waals surface area (Å²) in [6, 6.07) is 22.2. The molecule has 3 heteroatoms. The molecule has 4 rings (SSSR count). The average molecular weight is 327 g/mol. The van der Waals surface area contributed by atoms with Crippen molar-refractivity contribution in [1.82, 2.24) is 0 Å². The summed E-state index contributed by atoms with van der Waals surface area (Å²) in [6.07, 6.45) is 0. The Hall–Kier alpha value is -3.20. The molecule has 25 heavy (non-hydrogen) atoms. The molecule has 0 radical (unpaired) electrons. The van der Waals surface area contributed by atoms with Gasteiger partial charge in [0.1, 0.15) is 0 Å². The van der Waals surface area contributed by atoms with Crippen LogP contribution in [-0.2, 0) is 9.59 Å². The fourth-order valence-electron chi connectivity index (χ4n) is 3.59. The summed E-state index contributed by atoms with van der Waals surface area (Å²) in [6.45, 7) is 2.84. The number of anilines is 1. The molecule has 0 aromatic heterocycles. The van der Waals surface area contributed by atoms with Crippen molar-refractivity contribution >= 4 is 49.8 Å². The van der Waals surface area contributed by atoms with Gasteiger partial charge in [-0.25, -0.2) is 0 Å². The average Bonchev–Trinajstić information content (AvgIpc) is 2.61. The van der Waals surface area contributed by atoms with E-state index in [0.717, 1.165) is 32.3 Å². The van der Waals surface area contributed by atoms with Gasteiger partial charge in [-0.2, -0.15) is 0 Å². The first kappa shape index (κ1) is 15.3. The smallest absolute Gasteiger partial charge is 0.230 e. The Balaban J connectivity index is 2.22. The molecule has 2 amide bonds. The highest BCUT2D eigenvalue weighted by Crippen LogP contribution is 2.37. The second-order valence-electron chi connectivity index (χ2n) is 6.20. The summed E-state index contributed by atoms with van der Waals surface area (Å²) in [4.78, 5) is 25.5. The Labute approximate surface area is 145 Å². The van der Waals surface area contributed by atoms with E-state index in [1.165, 1.54) is 18.7 Å². The van der Waals surface area contributed by atoms with Crippen LogP contribution in [0.4, 0.5) is 5.69 Å². The van der Waals surface area contributed by atoms with Gasteiger partial charge in [0.05, 0.1) is 5.69 Å². The molecule has 0 aliphatic carbocycles. The van der Waals surface area contributed by atoms with Crippen LogP contribution in [0.25, 0.3) is 32.3 Å². The fraction of sp³-hybridized carbons (Fsp3) is 0.0909. The molecule has 0 spiro atoms. The molecule has 3 nitrogen and oxygen atoms in total. The molecule has 0 atom stereocenters. The van der Waals surface area contributed by atoms with Crippen molar-refractivity contribution in [1.29, 1.82) is 0 Å². The van der Waals surface area contributed by atoms with Gasteiger partial charge in [-0.3, -0.25) is 14.5 Å². The van der Waals surface area contributed by atoms with E-state index in [2.05, 4.69) is 24.3 Å². The summed E-state index contributed by atoms with van der Waals surface area (Å²) in [7, 11) is 0. The number of hydrogen-bond acceptors (Lipinski definition) is 2. The van der Waals surface area contributed by atoms with Gasteiger partial charge in [-0.05, 0) is 33.0 Å². The van der Waals surface area contributed by atoms with Crippen molar-refractivity contribution in [3.63, 3.8) is 0 Å². The van der Waals surface area contributed by atoms with Gasteiger partial charge in [0.25, 0.3) is 0 Å². The molecule has 0 aliphatic rings. The minimum absolute atomic E-state index is 0.280. The third kappa shape index (κ3) is 2.36. The van der Waals surface area contributed by atoms with E-state index in [9.17, 15) is 9.59 Å². The Bertz CT molecular complexity index is 1150. The molecule has 0 aliphatic heterocycles. The molecule has 0 fully saturated rings. The standard InChI is InChI=1S/C22H17NO2/c1-14(24)23(15(2)25)22-13-21-17-8-4-3-7-16(17)11-12-19(21)18-9-5-6-10-20(18)22/h3-13H,1-2H3. The predicted molar refractivity (Wildman–Crippen MR) is 103 cm³/mol. The predicted octanol–water partition coefficient (Wildman–Crippen LogP) is 5.05. The number of amides is 2. The lowest BCUT2D eigenvalue weighted by Crippen LogP contribution is -2.33. The van der Waals surface area contributed by atoms with Gasteiger partial charge in [-0.15, -0.1) is 0 Å². The largest absolute Gasteiger partial charge is 0.274 e. The van der Waals surface area contributed by atoms with Gasteiger partial charge in [0.15, 0.2) is 0 Å². The first-order valence-corrected chi connectivity index (χ1v) is 8.22. The van der Waals surface area contributed by atoms with Crippen LogP contribution in [0.3, 0.4) is 0 Å². The third-order valence-electron chi connectivity index (χ3n) is 4.62. The van der Waals surface area contributed by atoms with Crippen LogP contribution in [0, 0.1) is 0 Å². The number of rotatable bonds is 1. The quantitative estimate of drug-likeness (QED) is 0.459. The van der Waals surface area contributed by atoms with Crippen LogP contribution in [0.5, 0.6) is 0 Å². The van der Waals surface area contributed by atoms with Gasteiger partial charge in [-0.1, -0.05) is 60.7 Å². The number of imide groups is 1. The van der Waals surface area contributed by atoms with E-state index in [1.54, 1.807) is 0 Å². The highest BCUT2D eigenvalue weighted by atomic mass is 16.2. The van der Waals surface area contributed by atoms with Crippen LogP contribution in [0.1, 0.15) is 13.8 Å². The zero-order valence-electron chi connectivity index (χ0n) is 14.1. The number of carbonyl (C=O) groups is 2. The van der Waals surface area contributed by atoms with Crippen molar-refractivity contribution < 1.29 is 9.59 Å². The second-order valence-corrected chi connectivity index (χ2v) is 6.20. The van der Waals surface area contributed by atoms with Crippen LogP contribution in [-0.4, -0.2) is 11.8 Å². The number of benzene rings is 4. The van der Waals surface area contributed by atoms with E-state index in [0.29, 0.717) is 5.69 Å². The summed E-state index contributed by atoms with van der Waals surface area (Å²) in [5.74, 6) is -0.561. The molecule has 0 unspecified atom stereocenters. The number of nitrogens with zero attached hydrogens (tertiary/aromatic N) is 1. The Morgan fingerprint density at radius 2 is 1.20 bits per heavy atom. The number of carbonyl (C=O) groups excluding carboxylic acids is 2. The normalized spacial score (nSPS) is 11.1. The number of hydrogen-bond donors (Lipinski definition) is 0. The van der Waals surface area contributed by atoms with Crippen molar-refractivity contribution in [2.75, 3.05) is 4.90 Å². The molecule has 0 heterocycles. The lowest BCUT2D eigenvalue weighted by atomic mass is 9.95. The second kappa shape index (κ2) is 5.71. The first-order chi connectivity index (χ1) is 12.1. The molecular weight excluding hydrogens is 310 g/mol. The highest BCUT2D eigenvalue weighted by molar-refractivity contribution is 6.25. The number of fused-ring (bicyclic) bond motifs is 5. The Morgan fingerprint density at radius 3 is 1.88 bits per heavy atom. The summed E-state index contributed by atoms with van der Waals surface area (Å²) in [5, 5.41) is 6.33. The van der Waals surface area contributed by atoms with Gasteiger partial charge >= 0.3 is 0 Å². The van der Waals surface area contributed by atoms with Crippen molar-refractivity contribution in [2.45, 2.75) is 13.8 Å². The maximum absolute atomic E-state index is 12.1.